The molecule has 2 heterocycles. The minimum absolute atomic E-state index is 0.439. The number of nitrogens with one attached hydrogen (secondary N) is 1. The van der Waals surface area contributed by atoms with E-state index in [1.54, 1.807) is 6.08 Å². The SMILES string of the molecule is C=Cc1c[nH]nc(C2CCN(c3ccccc3)CC2)c1=S. The highest BCUT2D eigenvalue weighted by Crippen LogP contribution is 2.30. The van der Waals surface area contributed by atoms with Gasteiger partial charge in [0.1, 0.15) is 0 Å². The van der Waals surface area contributed by atoms with Gasteiger partial charge in [-0.25, -0.2) is 0 Å². The molecular weight excluding hydrogens is 278 g/mol. The van der Waals surface area contributed by atoms with Gasteiger partial charge in [0.15, 0.2) is 0 Å². The number of piperidine rings is 1. The monoisotopic (exact) mass is 297 g/mol. The quantitative estimate of drug-likeness (QED) is 0.863. The number of H-pyrrole nitrogens is 1. The van der Waals surface area contributed by atoms with Gasteiger partial charge in [0.2, 0.25) is 0 Å². The van der Waals surface area contributed by atoms with Gasteiger partial charge in [-0.05, 0) is 25.0 Å². The summed E-state index contributed by atoms with van der Waals surface area (Å²) >= 11 is 5.53. The van der Waals surface area contributed by atoms with E-state index in [1.165, 1.54) is 5.69 Å². The average Bonchev–Trinajstić information content (AvgIpc) is 2.56. The normalized spacial score (nSPS) is 15.9. The molecule has 4 heteroatoms. The molecule has 1 aliphatic heterocycles. The molecule has 1 N–H and O–H groups in total. The lowest BCUT2D eigenvalue weighted by atomic mass is 9.92. The number of aromatic nitrogens is 2. The van der Waals surface area contributed by atoms with E-state index >= 15 is 0 Å². The molecule has 0 amide bonds. The highest BCUT2D eigenvalue weighted by molar-refractivity contribution is 7.71. The van der Waals surface area contributed by atoms with Crippen molar-refractivity contribution in [2.24, 2.45) is 0 Å². The Morgan fingerprint density at radius 1 is 1.24 bits per heavy atom. The van der Waals surface area contributed by atoms with Crippen molar-refractivity contribution in [3.05, 3.63) is 58.9 Å². The summed E-state index contributed by atoms with van der Waals surface area (Å²) in [6.07, 6.45) is 5.78. The maximum atomic E-state index is 5.53. The van der Waals surface area contributed by atoms with Gasteiger partial charge in [-0.1, -0.05) is 43.1 Å². The Morgan fingerprint density at radius 2 is 1.95 bits per heavy atom. The van der Waals surface area contributed by atoms with E-state index in [-0.39, 0.29) is 0 Å². The first-order valence-electron chi connectivity index (χ1n) is 7.30. The summed E-state index contributed by atoms with van der Waals surface area (Å²) in [5.74, 6) is 0.439. The van der Waals surface area contributed by atoms with Crippen LogP contribution >= 0.6 is 12.2 Å². The van der Waals surface area contributed by atoms with E-state index in [9.17, 15) is 0 Å². The Hall–Kier alpha value is -1.94. The first-order chi connectivity index (χ1) is 10.3. The molecule has 0 radical (unpaired) electrons. The van der Waals surface area contributed by atoms with Crippen molar-refractivity contribution in [1.82, 2.24) is 10.2 Å². The summed E-state index contributed by atoms with van der Waals surface area (Å²) in [6, 6.07) is 10.6. The molecule has 0 bridgehead atoms. The predicted octanol–water partition coefficient (Wildman–Crippen LogP) is 4.17. The lowest BCUT2D eigenvalue weighted by Gasteiger charge is -2.33. The molecule has 1 aliphatic rings. The number of hydrogen-bond acceptors (Lipinski definition) is 3. The zero-order valence-electron chi connectivity index (χ0n) is 12.0. The summed E-state index contributed by atoms with van der Waals surface area (Å²) in [6.45, 7) is 5.90. The topological polar surface area (TPSA) is 31.9 Å². The Morgan fingerprint density at radius 3 is 2.62 bits per heavy atom. The molecule has 0 unspecified atom stereocenters. The van der Waals surface area contributed by atoms with Gasteiger partial charge in [-0.3, -0.25) is 5.10 Å². The molecule has 1 aromatic carbocycles. The smallest absolute Gasteiger partial charge is 0.0825 e. The second-order valence-corrected chi connectivity index (χ2v) is 5.76. The van der Waals surface area contributed by atoms with Crippen LogP contribution in [0.5, 0.6) is 0 Å². The Kier molecular flexibility index (Phi) is 4.15. The van der Waals surface area contributed by atoms with Gasteiger partial charge in [0.05, 0.1) is 10.2 Å². The standard InChI is InChI=1S/C17H19N3S/c1-2-13-12-18-19-16(17(13)21)14-8-10-20(11-9-14)15-6-4-3-5-7-15/h2-7,12,14H,1,8-11H2,(H,18,21). The molecule has 108 valence electrons. The highest BCUT2D eigenvalue weighted by atomic mass is 32.1. The van der Waals surface area contributed by atoms with Crippen LogP contribution in [0.1, 0.15) is 30.0 Å². The van der Waals surface area contributed by atoms with Crippen molar-refractivity contribution < 1.29 is 0 Å². The van der Waals surface area contributed by atoms with Crippen LogP contribution in [0, 0.1) is 4.51 Å². The van der Waals surface area contributed by atoms with Crippen LogP contribution in [-0.2, 0) is 0 Å². The van der Waals surface area contributed by atoms with E-state index < -0.39 is 0 Å². The van der Waals surface area contributed by atoms with Crippen LogP contribution in [0.25, 0.3) is 6.08 Å². The minimum Gasteiger partial charge on any atom is -0.371 e. The van der Waals surface area contributed by atoms with Crippen molar-refractivity contribution in [3.8, 4) is 0 Å². The molecule has 21 heavy (non-hydrogen) atoms. The highest BCUT2D eigenvalue weighted by Gasteiger charge is 2.23. The van der Waals surface area contributed by atoms with Crippen molar-refractivity contribution in [3.63, 3.8) is 0 Å². The molecule has 0 aliphatic carbocycles. The summed E-state index contributed by atoms with van der Waals surface area (Å²) in [7, 11) is 0. The Balaban J connectivity index is 1.75. The van der Waals surface area contributed by atoms with Crippen molar-refractivity contribution in [2.45, 2.75) is 18.8 Å². The fourth-order valence-electron chi connectivity index (χ4n) is 2.91. The van der Waals surface area contributed by atoms with E-state index in [0.717, 1.165) is 41.7 Å². The molecule has 0 atom stereocenters. The summed E-state index contributed by atoms with van der Waals surface area (Å²) < 4.78 is 0.849. The lowest BCUT2D eigenvalue weighted by Crippen LogP contribution is -2.33. The average molecular weight is 297 g/mol. The maximum Gasteiger partial charge on any atom is 0.0825 e. The number of rotatable bonds is 3. The van der Waals surface area contributed by atoms with E-state index in [0.29, 0.717) is 5.92 Å². The van der Waals surface area contributed by atoms with Crippen molar-refractivity contribution >= 4 is 24.0 Å². The third-order valence-corrected chi connectivity index (χ3v) is 4.57. The summed E-state index contributed by atoms with van der Waals surface area (Å²) in [4.78, 5) is 2.43. The Labute approximate surface area is 130 Å². The maximum absolute atomic E-state index is 5.53. The van der Waals surface area contributed by atoms with Crippen LogP contribution in [0.4, 0.5) is 5.69 Å². The Bertz CT molecular complexity index is 670. The van der Waals surface area contributed by atoms with Crippen LogP contribution < -0.4 is 4.90 Å². The molecule has 1 fully saturated rings. The summed E-state index contributed by atoms with van der Waals surface area (Å²) in [5, 5.41) is 7.37. The number of aromatic amines is 1. The molecule has 1 saturated heterocycles. The third kappa shape index (κ3) is 2.90. The number of hydrogen-bond donors (Lipinski definition) is 1. The fourth-order valence-corrected chi connectivity index (χ4v) is 3.27. The number of nitrogens with zero attached hydrogens (tertiary/aromatic N) is 2. The van der Waals surface area contributed by atoms with E-state index in [1.807, 2.05) is 6.20 Å². The molecule has 0 spiro atoms. The first-order valence-corrected chi connectivity index (χ1v) is 7.71. The largest absolute Gasteiger partial charge is 0.371 e. The van der Waals surface area contributed by atoms with Crippen molar-refractivity contribution in [1.29, 1.82) is 0 Å². The zero-order valence-corrected chi connectivity index (χ0v) is 12.8. The van der Waals surface area contributed by atoms with Crippen LogP contribution in [0.2, 0.25) is 0 Å². The molecular formula is C17H19N3S. The summed E-state index contributed by atoms with van der Waals surface area (Å²) in [5.41, 5.74) is 3.30. The van der Waals surface area contributed by atoms with Crippen molar-refractivity contribution in [2.75, 3.05) is 18.0 Å². The molecule has 3 rings (SSSR count). The van der Waals surface area contributed by atoms with Crippen LogP contribution in [0.15, 0.2) is 43.1 Å². The number of benzene rings is 1. The first kappa shape index (κ1) is 14.0. The predicted molar refractivity (Wildman–Crippen MR) is 90.1 cm³/mol. The van der Waals surface area contributed by atoms with Crippen LogP contribution in [0.3, 0.4) is 0 Å². The van der Waals surface area contributed by atoms with Gasteiger partial charge in [0.25, 0.3) is 0 Å². The lowest BCUT2D eigenvalue weighted by molar-refractivity contribution is 0.491. The van der Waals surface area contributed by atoms with Crippen LogP contribution in [-0.4, -0.2) is 23.3 Å². The van der Waals surface area contributed by atoms with E-state index in [4.69, 9.17) is 12.2 Å². The number of anilines is 1. The van der Waals surface area contributed by atoms with E-state index in [2.05, 4.69) is 52.0 Å². The minimum atomic E-state index is 0.439. The van der Waals surface area contributed by atoms with Gasteiger partial charge < -0.3 is 4.90 Å². The second kappa shape index (κ2) is 6.22. The van der Waals surface area contributed by atoms with Gasteiger partial charge in [0, 0.05) is 36.5 Å². The molecule has 2 aromatic rings. The fraction of sp³-hybridized carbons (Fsp3) is 0.294. The number of para-hydroxylation sites is 1. The van der Waals surface area contributed by atoms with Gasteiger partial charge in [-0.2, -0.15) is 5.10 Å². The molecule has 1 aromatic heterocycles. The second-order valence-electron chi connectivity index (χ2n) is 5.36. The zero-order chi connectivity index (χ0) is 14.7. The van der Waals surface area contributed by atoms with Gasteiger partial charge >= 0.3 is 0 Å². The molecule has 3 nitrogen and oxygen atoms in total. The molecule has 0 saturated carbocycles. The van der Waals surface area contributed by atoms with Gasteiger partial charge in [-0.15, -0.1) is 0 Å². The third-order valence-electron chi connectivity index (χ3n) is 4.12.